The van der Waals surface area contributed by atoms with Crippen LogP contribution in [-0.2, 0) is 0 Å². The molecule has 0 aliphatic heterocycles. The SMILES string of the molecule is c1ccc(-c2cc(-c3cccc4nc(-c5ccc6c7ccccc7c7ccccc7c6c5)c5c6ccccc6oc5c34)nc(-c3ccccc3)n2)cc1.c1ccc(-c2cc(-c3ccccc3)nc(-c3ccc4c(c3)nc(-c3ccc(-c5ccc6c7ccccc7c7ccccc7c6c5)cc3)c3c5ccccc5oc43)n2)cc1. The molecule has 0 saturated heterocycles. The molecule has 23 rings (SSSR count). The molecule has 0 saturated carbocycles. The van der Waals surface area contributed by atoms with Crippen molar-refractivity contribution in [1.82, 2.24) is 29.9 Å². The van der Waals surface area contributed by atoms with Crippen LogP contribution >= 0.6 is 0 Å². The number of nitrogens with zero attached hydrogens (tertiary/aromatic N) is 6. The molecular weight excluding hydrogens is 1370 g/mol. The second kappa shape index (κ2) is 26.4. The fourth-order valence-electron chi connectivity index (χ4n) is 16.8. The van der Waals surface area contributed by atoms with Crippen molar-refractivity contribution in [2.45, 2.75) is 0 Å². The molecule has 0 radical (unpaired) electrons. The number of hydrogen-bond donors (Lipinski definition) is 0. The maximum absolute atomic E-state index is 6.85. The molecule has 0 amide bonds. The highest BCUT2D eigenvalue weighted by Crippen LogP contribution is 2.47. The molecule has 0 bridgehead atoms. The van der Waals surface area contributed by atoms with Crippen molar-refractivity contribution in [1.29, 1.82) is 0 Å². The summed E-state index contributed by atoms with van der Waals surface area (Å²) in [5.41, 5.74) is 20.4. The molecular formula is C104H62N6O2. The van der Waals surface area contributed by atoms with Crippen LogP contribution in [0.3, 0.4) is 0 Å². The Balaban J connectivity index is 0.000000138. The van der Waals surface area contributed by atoms with Gasteiger partial charge in [-0.05, 0) is 130 Å². The van der Waals surface area contributed by atoms with E-state index < -0.39 is 0 Å². The zero-order valence-corrected chi connectivity index (χ0v) is 60.3. The smallest absolute Gasteiger partial charge is 0.160 e. The minimum absolute atomic E-state index is 0.640. The standard InChI is InChI=1S/C55H33N3O.C49H29N3O/c1-3-13-35(14-4-1)48-33-49(36-15-5-2-6-16-36)58-55(57-48)39-28-30-45-50(32-39)56-53(52-46-21-11-12-22-51(46)59-54(45)52)37-25-23-34(24-26-37)38-27-29-44-42-19-8-7-17-40(42)41-18-9-10-20-43(41)47(44)31-38;1-3-14-30(15-4-1)42-29-43(52-49(51-42)31-16-5-2-6-17-31)38-23-13-24-41-45(38)48-46(39-22-11-12-25-44(39)53-48)47(50-41)32-26-27-37-35-20-8-7-18-33(35)34-19-9-10-21-36(34)40(37)28-32/h1-33H;1-29H. The number of aromatic nitrogens is 6. The van der Waals surface area contributed by atoms with Crippen LogP contribution in [0, 0.1) is 0 Å². The molecule has 8 nitrogen and oxygen atoms in total. The quantitative estimate of drug-likeness (QED) is 0.132. The van der Waals surface area contributed by atoms with E-state index >= 15 is 0 Å². The van der Waals surface area contributed by atoms with Gasteiger partial charge in [0.2, 0.25) is 0 Å². The molecule has 6 aromatic heterocycles. The fourth-order valence-corrected chi connectivity index (χ4v) is 16.8. The maximum atomic E-state index is 6.85. The van der Waals surface area contributed by atoms with Crippen LogP contribution in [0.25, 0.3) is 232 Å². The number of fused-ring (bicyclic) bond motifs is 22. The molecule has 6 heterocycles. The van der Waals surface area contributed by atoms with Crippen LogP contribution in [-0.4, -0.2) is 29.9 Å². The number of furan rings is 2. The van der Waals surface area contributed by atoms with E-state index in [1.54, 1.807) is 0 Å². The predicted molar refractivity (Wildman–Crippen MR) is 463 cm³/mol. The normalized spacial score (nSPS) is 11.8. The average molecular weight is 1430 g/mol. The second-order valence-corrected chi connectivity index (χ2v) is 28.6. The third kappa shape index (κ3) is 10.8. The highest BCUT2D eigenvalue weighted by molar-refractivity contribution is 6.29. The van der Waals surface area contributed by atoms with E-state index in [0.29, 0.717) is 11.6 Å². The van der Waals surface area contributed by atoms with Gasteiger partial charge in [-0.2, -0.15) is 0 Å². The first kappa shape index (κ1) is 64.1. The van der Waals surface area contributed by atoms with E-state index in [-0.39, 0.29) is 0 Å². The van der Waals surface area contributed by atoms with Gasteiger partial charge in [-0.1, -0.05) is 322 Å². The molecule has 8 heteroatoms. The first-order valence-electron chi connectivity index (χ1n) is 37.8. The van der Waals surface area contributed by atoms with E-state index in [1.165, 1.54) is 70.2 Å². The van der Waals surface area contributed by atoms with Crippen molar-refractivity contribution >= 4 is 130 Å². The minimum atomic E-state index is 0.640. The molecule has 23 aromatic rings. The van der Waals surface area contributed by atoms with Gasteiger partial charge in [-0.3, -0.25) is 0 Å². The highest BCUT2D eigenvalue weighted by Gasteiger charge is 2.25. The number of rotatable bonds is 9. The summed E-state index contributed by atoms with van der Waals surface area (Å²) in [7, 11) is 0. The molecule has 0 spiro atoms. The molecule has 0 aliphatic rings. The summed E-state index contributed by atoms with van der Waals surface area (Å²) in [6.07, 6.45) is 0. The van der Waals surface area contributed by atoms with Gasteiger partial charge in [-0.25, -0.2) is 29.9 Å². The monoisotopic (exact) mass is 1430 g/mol. The van der Waals surface area contributed by atoms with Crippen LogP contribution in [0.1, 0.15) is 0 Å². The first-order valence-corrected chi connectivity index (χ1v) is 37.8. The zero-order valence-electron chi connectivity index (χ0n) is 60.3. The minimum Gasteiger partial charge on any atom is -0.455 e. The van der Waals surface area contributed by atoms with E-state index in [9.17, 15) is 0 Å². The lowest BCUT2D eigenvalue weighted by Gasteiger charge is -2.14. The highest BCUT2D eigenvalue weighted by atomic mass is 16.3. The lowest BCUT2D eigenvalue weighted by atomic mass is 9.92. The van der Waals surface area contributed by atoms with Crippen molar-refractivity contribution in [2.24, 2.45) is 0 Å². The molecule has 0 atom stereocenters. The van der Waals surface area contributed by atoms with Crippen LogP contribution < -0.4 is 0 Å². The molecule has 0 N–H and O–H groups in total. The van der Waals surface area contributed by atoms with Crippen molar-refractivity contribution < 1.29 is 8.83 Å². The molecule has 17 aromatic carbocycles. The fraction of sp³-hybridized carbons (Fsp3) is 0. The maximum Gasteiger partial charge on any atom is 0.160 e. The van der Waals surface area contributed by atoms with E-state index in [1.807, 2.05) is 97.1 Å². The van der Waals surface area contributed by atoms with Gasteiger partial charge in [0.1, 0.15) is 22.3 Å². The molecule has 0 unspecified atom stereocenters. The Bertz CT molecular complexity index is 7550. The van der Waals surface area contributed by atoms with Gasteiger partial charge >= 0.3 is 0 Å². The summed E-state index contributed by atoms with van der Waals surface area (Å²) >= 11 is 0. The van der Waals surface area contributed by atoms with E-state index in [4.69, 9.17) is 38.7 Å². The Hall–Kier alpha value is -15.1. The Morgan fingerprint density at radius 1 is 0.170 bits per heavy atom. The average Bonchev–Trinajstić information content (AvgIpc) is 1.48. The Kier molecular flexibility index (Phi) is 15.1. The number of hydrogen-bond acceptors (Lipinski definition) is 8. The number of benzene rings is 17. The molecule has 112 heavy (non-hydrogen) atoms. The summed E-state index contributed by atoms with van der Waals surface area (Å²) in [5, 5.41) is 21.0. The summed E-state index contributed by atoms with van der Waals surface area (Å²) in [5.74, 6) is 1.31. The Morgan fingerprint density at radius 2 is 0.518 bits per heavy atom. The van der Waals surface area contributed by atoms with Crippen LogP contribution in [0.2, 0.25) is 0 Å². The van der Waals surface area contributed by atoms with Gasteiger partial charge in [0.25, 0.3) is 0 Å². The van der Waals surface area contributed by atoms with Gasteiger partial charge < -0.3 is 8.83 Å². The Labute approximate surface area is 642 Å². The third-order valence-electron chi connectivity index (χ3n) is 22.1. The first-order chi connectivity index (χ1) is 55.5. The topological polar surface area (TPSA) is 104 Å². The molecule has 520 valence electrons. The van der Waals surface area contributed by atoms with Crippen molar-refractivity contribution in [3.8, 4) is 101 Å². The summed E-state index contributed by atoms with van der Waals surface area (Å²) in [4.78, 5) is 31.4. The van der Waals surface area contributed by atoms with Crippen molar-refractivity contribution in [3.05, 3.63) is 376 Å². The molecule has 0 fully saturated rings. The molecule has 0 aliphatic carbocycles. The van der Waals surface area contributed by atoms with Crippen LogP contribution in [0.5, 0.6) is 0 Å². The van der Waals surface area contributed by atoms with Gasteiger partial charge in [-0.15, -0.1) is 0 Å². The van der Waals surface area contributed by atoms with E-state index in [0.717, 1.165) is 150 Å². The van der Waals surface area contributed by atoms with Crippen LogP contribution in [0.15, 0.2) is 385 Å². The zero-order chi connectivity index (χ0) is 73.7. The number of para-hydroxylation sites is 2. The van der Waals surface area contributed by atoms with Gasteiger partial charge in [0, 0.05) is 60.7 Å². The van der Waals surface area contributed by atoms with Crippen molar-refractivity contribution in [3.63, 3.8) is 0 Å². The number of pyridine rings is 2. The Morgan fingerprint density at radius 3 is 1.04 bits per heavy atom. The summed E-state index contributed by atoms with van der Waals surface area (Å²) in [6.45, 7) is 0. The van der Waals surface area contributed by atoms with Gasteiger partial charge in [0.15, 0.2) is 11.6 Å². The second-order valence-electron chi connectivity index (χ2n) is 28.6. The van der Waals surface area contributed by atoms with Crippen LogP contribution in [0.4, 0.5) is 0 Å². The summed E-state index contributed by atoms with van der Waals surface area (Å²) in [6, 6.07) is 131. The van der Waals surface area contributed by atoms with E-state index in [2.05, 4.69) is 279 Å². The van der Waals surface area contributed by atoms with Gasteiger partial charge in [0.05, 0.1) is 61.4 Å². The predicted octanol–water partition coefficient (Wildman–Crippen LogP) is 27.8. The van der Waals surface area contributed by atoms with Crippen molar-refractivity contribution in [2.75, 3.05) is 0 Å². The lowest BCUT2D eigenvalue weighted by Crippen LogP contribution is -1.97. The summed E-state index contributed by atoms with van der Waals surface area (Å²) < 4.78 is 13.5. The third-order valence-corrected chi connectivity index (χ3v) is 22.1. The lowest BCUT2D eigenvalue weighted by molar-refractivity contribution is 0.672. The largest absolute Gasteiger partial charge is 0.455 e.